The molecule has 0 aromatic carbocycles. The summed E-state index contributed by atoms with van der Waals surface area (Å²) in [7, 11) is 0. The molecule has 1 aromatic rings. The lowest BCUT2D eigenvalue weighted by molar-refractivity contribution is -0.385. The van der Waals surface area contributed by atoms with Crippen molar-refractivity contribution in [3.05, 3.63) is 26.9 Å². The predicted octanol–water partition coefficient (Wildman–Crippen LogP) is 1.05. The molecule has 0 bridgehead atoms. The summed E-state index contributed by atoms with van der Waals surface area (Å²) in [5, 5.41) is 16.2. The first-order chi connectivity index (χ1) is 8.06. The van der Waals surface area contributed by atoms with Gasteiger partial charge >= 0.3 is 0 Å². The molecule has 0 spiro atoms. The van der Waals surface area contributed by atoms with Gasteiger partial charge in [0.05, 0.1) is 15.4 Å². The van der Waals surface area contributed by atoms with Gasteiger partial charge < -0.3 is 10.6 Å². The SMILES string of the molecule is O=C1CC(Nc2ncc([N+](=O)[O-])cc2Br)CN1. The zero-order valence-electron chi connectivity index (χ0n) is 8.64. The number of pyridine rings is 1. The molecule has 1 aliphatic heterocycles. The Hall–Kier alpha value is -1.70. The standard InChI is InChI=1S/C9H9BrN4O3/c10-7-2-6(14(16)17)4-12-9(7)13-5-1-8(15)11-3-5/h2,4-5H,1,3H2,(H,11,15)(H,12,13). The third-order valence-electron chi connectivity index (χ3n) is 2.36. The van der Waals surface area contributed by atoms with Crippen LogP contribution in [0.15, 0.2) is 16.7 Å². The van der Waals surface area contributed by atoms with E-state index >= 15 is 0 Å². The van der Waals surface area contributed by atoms with Crippen LogP contribution in [0.3, 0.4) is 0 Å². The Bertz CT molecular complexity index is 479. The first-order valence-corrected chi connectivity index (χ1v) is 5.68. The molecule has 2 rings (SSSR count). The highest BCUT2D eigenvalue weighted by Gasteiger charge is 2.22. The summed E-state index contributed by atoms with van der Waals surface area (Å²) in [5.74, 6) is 0.484. The van der Waals surface area contributed by atoms with Crippen molar-refractivity contribution in [2.75, 3.05) is 11.9 Å². The minimum absolute atomic E-state index is 0.0134. The molecular formula is C9H9BrN4O3. The molecule has 2 heterocycles. The maximum atomic E-state index is 11.0. The van der Waals surface area contributed by atoms with Crippen molar-refractivity contribution < 1.29 is 9.72 Å². The quantitative estimate of drug-likeness (QED) is 0.642. The van der Waals surface area contributed by atoms with Gasteiger partial charge in [0.1, 0.15) is 12.0 Å². The van der Waals surface area contributed by atoms with Gasteiger partial charge in [0, 0.05) is 19.0 Å². The van der Waals surface area contributed by atoms with Gasteiger partial charge in [0.2, 0.25) is 5.91 Å². The van der Waals surface area contributed by atoms with Crippen LogP contribution >= 0.6 is 15.9 Å². The number of carbonyl (C=O) groups excluding carboxylic acids is 1. The second-order valence-electron chi connectivity index (χ2n) is 3.63. The monoisotopic (exact) mass is 300 g/mol. The van der Waals surface area contributed by atoms with E-state index in [0.717, 1.165) is 0 Å². The molecule has 1 fully saturated rings. The summed E-state index contributed by atoms with van der Waals surface area (Å²) in [6.07, 6.45) is 1.56. The number of aromatic nitrogens is 1. The second-order valence-corrected chi connectivity index (χ2v) is 4.48. The van der Waals surface area contributed by atoms with E-state index < -0.39 is 4.92 Å². The fraction of sp³-hybridized carbons (Fsp3) is 0.333. The first-order valence-electron chi connectivity index (χ1n) is 4.89. The lowest BCUT2D eigenvalue weighted by Gasteiger charge is -2.11. The number of carbonyl (C=O) groups is 1. The van der Waals surface area contributed by atoms with E-state index in [-0.39, 0.29) is 17.6 Å². The van der Waals surface area contributed by atoms with Gasteiger partial charge in [0.25, 0.3) is 5.69 Å². The predicted molar refractivity (Wildman–Crippen MR) is 63.6 cm³/mol. The highest BCUT2D eigenvalue weighted by Crippen LogP contribution is 2.25. The van der Waals surface area contributed by atoms with Crippen molar-refractivity contribution in [1.29, 1.82) is 0 Å². The van der Waals surface area contributed by atoms with Crippen LogP contribution in [0.5, 0.6) is 0 Å². The van der Waals surface area contributed by atoms with E-state index in [2.05, 4.69) is 31.5 Å². The average Bonchev–Trinajstić information content (AvgIpc) is 2.67. The number of hydrogen-bond donors (Lipinski definition) is 2. The Morgan fingerprint density at radius 1 is 1.65 bits per heavy atom. The summed E-state index contributed by atoms with van der Waals surface area (Å²) < 4.78 is 0.506. The molecule has 7 nitrogen and oxygen atoms in total. The summed E-state index contributed by atoms with van der Waals surface area (Å²) in [4.78, 5) is 25.0. The van der Waals surface area contributed by atoms with Crippen LogP contribution in [-0.2, 0) is 4.79 Å². The lowest BCUT2D eigenvalue weighted by Crippen LogP contribution is -2.23. The molecule has 0 radical (unpaired) electrons. The van der Waals surface area contributed by atoms with Crippen molar-refractivity contribution in [3.8, 4) is 0 Å². The third-order valence-corrected chi connectivity index (χ3v) is 2.96. The number of nitro groups is 1. The lowest BCUT2D eigenvalue weighted by atomic mass is 10.2. The van der Waals surface area contributed by atoms with Crippen LogP contribution in [-0.4, -0.2) is 28.4 Å². The normalized spacial score (nSPS) is 18.9. The van der Waals surface area contributed by atoms with Crippen molar-refractivity contribution in [2.24, 2.45) is 0 Å². The van der Waals surface area contributed by atoms with Gasteiger partial charge in [-0.15, -0.1) is 0 Å². The van der Waals surface area contributed by atoms with E-state index in [1.165, 1.54) is 12.3 Å². The van der Waals surface area contributed by atoms with E-state index in [4.69, 9.17) is 0 Å². The average molecular weight is 301 g/mol. The van der Waals surface area contributed by atoms with Gasteiger partial charge in [-0.1, -0.05) is 0 Å². The number of hydrogen-bond acceptors (Lipinski definition) is 5. The number of nitrogens with zero attached hydrogens (tertiary/aromatic N) is 2. The fourth-order valence-electron chi connectivity index (χ4n) is 1.53. The zero-order valence-corrected chi connectivity index (χ0v) is 10.2. The van der Waals surface area contributed by atoms with Gasteiger partial charge in [-0.2, -0.15) is 0 Å². The Morgan fingerprint density at radius 2 is 2.41 bits per heavy atom. The van der Waals surface area contributed by atoms with E-state index in [1.807, 2.05) is 0 Å². The minimum atomic E-state index is -0.512. The molecule has 1 atom stereocenters. The molecule has 1 saturated heterocycles. The molecule has 0 saturated carbocycles. The Morgan fingerprint density at radius 3 is 2.94 bits per heavy atom. The van der Waals surface area contributed by atoms with Crippen molar-refractivity contribution >= 4 is 33.3 Å². The molecule has 0 aliphatic carbocycles. The summed E-state index contributed by atoms with van der Waals surface area (Å²) in [5.41, 5.74) is -0.0805. The topological polar surface area (TPSA) is 97.2 Å². The molecule has 90 valence electrons. The summed E-state index contributed by atoms with van der Waals surface area (Å²) >= 11 is 3.20. The number of amides is 1. The molecule has 1 aromatic heterocycles. The van der Waals surface area contributed by atoms with Crippen LogP contribution in [0.4, 0.5) is 11.5 Å². The maximum absolute atomic E-state index is 11.0. The second kappa shape index (κ2) is 4.66. The van der Waals surface area contributed by atoms with E-state index in [0.29, 0.717) is 23.3 Å². The molecule has 1 aliphatic rings. The van der Waals surface area contributed by atoms with Crippen LogP contribution in [0.2, 0.25) is 0 Å². The van der Waals surface area contributed by atoms with Crippen molar-refractivity contribution in [2.45, 2.75) is 12.5 Å². The van der Waals surface area contributed by atoms with Gasteiger partial charge in [-0.05, 0) is 15.9 Å². The van der Waals surface area contributed by atoms with Gasteiger partial charge in [-0.25, -0.2) is 4.98 Å². The van der Waals surface area contributed by atoms with Crippen LogP contribution in [0.25, 0.3) is 0 Å². The molecule has 17 heavy (non-hydrogen) atoms. The van der Waals surface area contributed by atoms with Crippen LogP contribution in [0, 0.1) is 10.1 Å². The zero-order chi connectivity index (χ0) is 12.4. The van der Waals surface area contributed by atoms with Gasteiger partial charge in [-0.3, -0.25) is 14.9 Å². The molecule has 1 unspecified atom stereocenters. The first kappa shape index (κ1) is 11.8. The third kappa shape index (κ3) is 2.70. The fourth-order valence-corrected chi connectivity index (χ4v) is 1.99. The highest BCUT2D eigenvalue weighted by molar-refractivity contribution is 9.10. The van der Waals surface area contributed by atoms with Crippen LogP contribution in [0.1, 0.15) is 6.42 Å². The van der Waals surface area contributed by atoms with Crippen LogP contribution < -0.4 is 10.6 Å². The van der Waals surface area contributed by atoms with Crippen molar-refractivity contribution in [3.63, 3.8) is 0 Å². The van der Waals surface area contributed by atoms with Gasteiger partial charge in [0.15, 0.2) is 0 Å². The molecule has 1 amide bonds. The Labute approximate surface area is 105 Å². The van der Waals surface area contributed by atoms with Crippen molar-refractivity contribution in [1.82, 2.24) is 10.3 Å². The maximum Gasteiger partial charge on any atom is 0.288 e. The molecule has 2 N–H and O–H groups in total. The Kier molecular flexibility index (Phi) is 3.23. The highest BCUT2D eigenvalue weighted by atomic mass is 79.9. The molecular weight excluding hydrogens is 292 g/mol. The number of nitrogens with one attached hydrogen (secondary N) is 2. The summed E-state index contributed by atoms with van der Waals surface area (Å²) in [6.45, 7) is 0.532. The largest absolute Gasteiger partial charge is 0.364 e. The number of anilines is 1. The van der Waals surface area contributed by atoms with E-state index in [1.54, 1.807) is 0 Å². The number of rotatable bonds is 3. The summed E-state index contributed by atoms with van der Waals surface area (Å²) in [6, 6.07) is 1.34. The molecule has 8 heteroatoms. The Balaban J connectivity index is 2.11. The smallest absolute Gasteiger partial charge is 0.288 e. The minimum Gasteiger partial charge on any atom is -0.364 e. The van der Waals surface area contributed by atoms with E-state index in [9.17, 15) is 14.9 Å². The number of halogens is 1.